The molecule has 0 radical (unpaired) electrons. The number of nitrogens with one attached hydrogen (secondary N) is 1. The van der Waals surface area contributed by atoms with Gasteiger partial charge in [0.15, 0.2) is 0 Å². The van der Waals surface area contributed by atoms with Crippen LogP contribution < -0.4 is 5.32 Å². The zero-order chi connectivity index (χ0) is 34.0. The summed E-state index contributed by atoms with van der Waals surface area (Å²) >= 11 is 3.34. The van der Waals surface area contributed by atoms with Gasteiger partial charge in [0, 0.05) is 0 Å². The topological polar surface area (TPSA) is 29.1 Å². The van der Waals surface area contributed by atoms with Gasteiger partial charge < -0.3 is 5.32 Å². The highest BCUT2D eigenvalue weighted by molar-refractivity contribution is 6.22. The Morgan fingerprint density at radius 2 is 0.833 bits per heavy atom. The number of halogens is 21. The van der Waals surface area contributed by atoms with Crippen LogP contribution in [-0.4, -0.2) is 64.6 Å². The lowest BCUT2D eigenvalue weighted by Crippen LogP contribution is -2.77. The highest BCUT2D eigenvalue weighted by Crippen LogP contribution is 2.66. The van der Waals surface area contributed by atoms with Gasteiger partial charge in [0.25, 0.3) is 5.91 Å². The maximum absolute atomic E-state index is 14.0. The summed E-state index contributed by atoms with van der Waals surface area (Å²) in [6.07, 6.45) is 0. The number of hydrogen-bond donors (Lipinski definition) is 1. The van der Waals surface area contributed by atoms with E-state index in [2.05, 4.69) is 11.6 Å². The molecule has 244 valence electrons. The standard InChI is InChI=1S/C19H10ClF20NO/c1-7(8-5-3-2-4-6-8)41-9(42)10(21,22)11(23,24)12(25,26)13(27,28)14(29,30)15(31,32)16(33,34)17(35,36)18(37,38)19(20,39)40/h2-7H,1H3,(H,41,42). The van der Waals surface area contributed by atoms with Crippen LogP contribution in [0.5, 0.6) is 0 Å². The van der Waals surface area contributed by atoms with Crippen LogP contribution in [0.25, 0.3) is 0 Å². The van der Waals surface area contributed by atoms with Gasteiger partial charge in [-0.3, -0.25) is 4.79 Å². The van der Waals surface area contributed by atoms with Crippen LogP contribution in [0.2, 0.25) is 0 Å². The molecular formula is C19H10ClF20NO. The van der Waals surface area contributed by atoms with E-state index < -0.39 is 70.6 Å². The van der Waals surface area contributed by atoms with E-state index in [1.807, 2.05) is 0 Å². The Hall–Kier alpha value is -2.42. The molecule has 0 aliphatic heterocycles. The van der Waals surface area contributed by atoms with E-state index in [9.17, 15) is 92.6 Å². The normalized spacial score (nSPS) is 16.3. The molecule has 0 aliphatic rings. The molecule has 1 N–H and O–H groups in total. The van der Waals surface area contributed by atoms with E-state index in [-0.39, 0.29) is 5.56 Å². The Labute approximate surface area is 224 Å². The zero-order valence-electron chi connectivity index (χ0n) is 19.3. The summed E-state index contributed by atoms with van der Waals surface area (Å²) in [6, 6.07) is 3.53. The Bertz CT molecular complexity index is 1130. The largest absolute Gasteiger partial charge is 0.393 e. The molecule has 1 aromatic carbocycles. The van der Waals surface area contributed by atoms with E-state index in [1.54, 1.807) is 0 Å². The van der Waals surface area contributed by atoms with Gasteiger partial charge in [-0.15, -0.1) is 0 Å². The fourth-order valence-electron chi connectivity index (χ4n) is 2.81. The lowest BCUT2D eigenvalue weighted by molar-refractivity contribution is -0.464. The molecule has 0 fully saturated rings. The predicted octanol–water partition coefficient (Wildman–Crippen LogP) is 8.41. The SMILES string of the molecule is CC(NC(=O)C(F)(F)C(F)(F)C(F)(F)C(F)(F)C(F)(F)C(F)(F)C(F)(F)C(F)(F)C(F)(F)C(F)(F)Cl)c1ccccc1. The molecular weight excluding hydrogens is 674 g/mol. The molecule has 1 amide bonds. The van der Waals surface area contributed by atoms with E-state index in [0.29, 0.717) is 6.92 Å². The van der Waals surface area contributed by atoms with Gasteiger partial charge in [0.2, 0.25) is 0 Å². The second kappa shape index (κ2) is 10.3. The van der Waals surface area contributed by atoms with Gasteiger partial charge in [-0.25, -0.2) is 0 Å². The monoisotopic (exact) mass is 683 g/mol. The first kappa shape index (κ1) is 37.6. The van der Waals surface area contributed by atoms with Crippen LogP contribution in [0.15, 0.2) is 30.3 Å². The predicted molar refractivity (Wildman–Crippen MR) is 98.3 cm³/mol. The molecule has 0 heterocycles. The van der Waals surface area contributed by atoms with Crippen LogP contribution in [0.4, 0.5) is 87.8 Å². The fraction of sp³-hybridized carbons (Fsp3) is 0.632. The van der Waals surface area contributed by atoms with Crippen molar-refractivity contribution in [3.8, 4) is 0 Å². The van der Waals surface area contributed by atoms with Crippen molar-refractivity contribution in [3.05, 3.63) is 35.9 Å². The second-order valence-electron chi connectivity index (χ2n) is 8.27. The summed E-state index contributed by atoms with van der Waals surface area (Å²) in [5, 5.41) is -6.23. The van der Waals surface area contributed by atoms with Crippen molar-refractivity contribution in [1.29, 1.82) is 0 Å². The molecule has 0 aromatic heterocycles. The summed E-state index contributed by atoms with van der Waals surface area (Å²) < 4.78 is 271. The Kier molecular flexibility index (Phi) is 9.26. The second-order valence-corrected chi connectivity index (χ2v) is 8.75. The number of rotatable bonds is 12. The van der Waals surface area contributed by atoms with Crippen molar-refractivity contribution in [2.45, 2.75) is 71.7 Å². The summed E-state index contributed by atoms with van der Waals surface area (Å²) in [5.74, 6) is -81.2. The van der Waals surface area contributed by atoms with Crippen molar-refractivity contribution in [3.63, 3.8) is 0 Å². The summed E-state index contributed by atoms with van der Waals surface area (Å²) in [7, 11) is 0. The van der Waals surface area contributed by atoms with Crippen LogP contribution in [0.3, 0.4) is 0 Å². The lowest BCUT2D eigenvalue weighted by Gasteiger charge is -2.44. The fourth-order valence-corrected chi connectivity index (χ4v) is 2.93. The van der Waals surface area contributed by atoms with Gasteiger partial charge in [0.05, 0.1) is 6.04 Å². The third kappa shape index (κ3) is 4.97. The van der Waals surface area contributed by atoms with Gasteiger partial charge >= 0.3 is 58.7 Å². The number of alkyl halides is 21. The first-order chi connectivity index (χ1) is 18.2. The first-order valence-electron chi connectivity index (χ1n) is 9.99. The van der Waals surface area contributed by atoms with Crippen LogP contribution in [-0.2, 0) is 4.79 Å². The maximum Gasteiger partial charge on any atom is 0.393 e. The number of carbonyl (C=O) groups excluding carboxylic acids is 1. The third-order valence-electron chi connectivity index (χ3n) is 5.44. The van der Waals surface area contributed by atoms with Gasteiger partial charge in [-0.2, -0.15) is 87.8 Å². The molecule has 2 nitrogen and oxygen atoms in total. The van der Waals surface area contributed by atoms with Crippen molar-refractivity contribution in [1.82, 2.24) is 5.32 Å². The van der Waals surface area contributed by atoms with E-state index in [1.165, 1.54) is 6.07 Å². The number of hydrogen-bond acceptors (Lipinski definition) is 1. The molecule has 42 heavy (non-hydrogen) atoms. The quantitative estimate of drug-likeness (QED) is 0.174. The molecule has 0 saturated carbocycles. The summed E-state index contributed by atoms with van der Waals surface area (Å²) in [5.41, 5.74) is -0.282. The average molecular weight is 684 g/mol. The molecule has 0 bridgehead atoms. The van der Waals surface area contributed by atoms with Crippen LogP contribution >= 0.6 is 11.6 Å². The van der Waals surface area contributed by atoms with Crippen molar-refractivity contribution in [2.75, 3.05) is 0 Å². The van der Waals surface area contributed by atoms with Crippen molar-refractivity contribution >= 4 is 17.5 Å². The molecule has 1 unspecified atom stereocenters. The minimum absolute atomic E-state index is 0.282. The third-order valence-corrected chi connectivity index (χ3v) is 5.68. The maximum atomic E-state index is 14.0. The first-order valence-corrected chi connectivity index (χ1v) is 10.4. The number of carbonyl (C=O) groups is 1. The van der Waals surface area contributed by atoms with Gasteiger partial charge in [-0.05, 0) is 24.1 Å². The highest BCUT2D eigenvalue weighted by atomic mass is 35.5. The molecule has 23 heteroatoms. The summed E-state index contributed by atoms with van der Waals surface area (Å²) in [6.45, 7) is 0.672. The Balaban J connectivity index is 3.67. The molecule has 0 saturated heterocycles. The Morgan fingerprint density at radius 1 is 0.548 bits per heavy atom. The minimum atomic E-state index is -9.18. The van der Waals surface area contributed by atoms with Crippen molar-refractivity contribution in [2.24, 2.45) is 0 Å². The molecule has 1 rings (SSSR count). The van der Waals surface area contributed by atoms with Gasteiger partial charge in [0.1, 0.15) is 0 Å². The summed E-state index contributed by atoms with van der Waals surface area (Å²) in [4.78, 5) is 11.6. The number of benzene rings is 1. The smallest absolute Gasteiger partial charge is 0.344 e. The molecule has 0 spiro atoms. The Morgan fingerprint density at radius 3 is 1.14 bits per heavy atom. The highest BCUT2D eigenvalue weighted by Gasteiger charge is 2.98. The molecule has 1 aromatic rings. The minimum Gasteiger partial charge on any atom is -0.344 e. The van der Waals surface area contributed by atoms with Crippen molar-refractivity contribution < 1.29 is 92.6 Å². The molecule has 1 atom stereocenters. The van der Waals surface area contributed by atoms with Crippen LogP contribution in [0, 0.1) is 0 Å². The number of amides is 1. The van der Waals surface area contributed by atoms with Gasteiger partial charge in [-0.1, -0.05) is 30.3 Å². The van der Waals surface area contributed by atoms with Crippen LogP contribution in [0.1, 0.15) is 18.5 Å². The lowest BCUT2D eigenvalue weighted by atomic mass is 9.86. The average Bonchev–Trinajstić information content (AvgIpc) is 2.82. The van der Waals surface area contributed by atoms with E-state index in [0.717, 1.165) is 29.6 Å². The molecule has 0 aliphatic carbocycles. The van der Waals surface area contributed by atoms with E-state index in [4.69, 9.17) is 0 Å². The van der Waals surface area contributed by atoms with E-state index >= 15 is 0 Å². The zero-order valence-corrected chi connectivity index (χ0v) is 20.1.